The van der Waals surface area contributed by atoms with Crippen molar-refractivity contribution in [2.24, 2.45) is 0 Å². The smallest absolute Gasteiger partial charge is 0.283 e. The SMILES string of the molecule is O=C(Nc1nnc(CN2C(=O)c3ccccc3C2=O)s1)c1ccc(Cl)cc1[N+](=O)[O-]. The zero-order valence-corrected chi connectivity index (χ0v) is 16.4. The second-order valence-corrected chi connectivity index (χ2v) is 7.61. The first-order valence-electron chi connectivity index (χ1n) is 8.38. The Morgan fingerprint density at radius 1 is 1.13 bits per heavy atom. The molecule has 3 amide bonds. The van der Waals surface area contributed by atoms with Crippen LogP contribution in [0.2, 0.25) is 5.02 Å². The van der Waals surface area contributed by atoms with Crippen LogP contribution in [0.25, 0.3) is 0 Å². The summed E-state index contributed by atoms with van der Waals surface area (Å²) in [6, 6.07) is 10.1. The number of imide groups is 1. The number of fused-ring (bicyclic) bond motifs is 1. The van der Waals surface area contributed by atoms with E-state index in [1.54, 1.807) is 24.3 Å². The van der Waals surface area contributed by atoms with Gasteiger partial charge in [0.2, 0.25) is 5.13 Å². The number of nitrogens with one attached hydrogen (secondary N) is 1. The fourth-order valence-electron chi connectivity index (χ4n) is 2.90. The molecule has 0 unspecified atom stereocenters. The number of nitro benzene ring substituents is 1. The number of carbonyl (C=O) groups excluding carboxylic acids is 3. The van der Waals surface area contributed by atoms with Gasteiger partial charge in [0.05, 0.1) is 22.6 Å². The zero-order chi connectivity index (χ0) is 21.4. The summed E-state index contributed by atoms with van der Waals surface area (Å²) >= 11 is 6.70. The molecule has 2 heterocycles. The molecule has 150 valence electrons. The molecule has 12 heteroatoms. The first kappa shape index (κ1) is 19.6. The number of hydrogen-bond acceptors (Lipinski definition) is 8. The van der Waals surface area contributed by atoms with E-state index in [4.69, 9.17) is 11.6 Å². The topological polar surface area (TPSA) is 135 Å². The van der Waals surface area contributed by atoms with Crippen molar-refractivity contribution in [3.8, 4) is 0 Å². The van der Waals surface area contributed by atoms with Gasteiger partial charge in [0.1, 0.15) is 10.6 Å². The fourth-order valence-corrected chi connectivity index (χ4v) is 3.79. The molecular formula is C18H10ClN5O5S. The Labute approximate surface area is 177 Å². The van der Waals surface area contributed by atoms with Crippen LogP contribution in [-0.2, 0) is 6.54 Å². The van der Waals surface area contributed by atoms with Gasteiger partial charge in [-0.1, -0.05) is 35.1 Å². The molecule has 1 aliphatic rings. The molecule has 3 aromatic rings. The Morgan fingerprint density at radius 3 is 2.43 bits per heavy atom. The second-order valence-electron chi connectivity index (χ2n) is 6.12. The van der Waals surface area contributed by atoms with Crippen molar-refractivity contribution in [2.45, 2.75) is 6.54 Å². The van der Waals surface area contributed by atoms with Crippen molar-refractivity contribution in [1.29, 1.82) is 0 Å². The van der Waals surface area contributed by atoms with E-state index in [9.17, 15) is 24.5 Å². The van der Waals surface area contributed by atoms with Gasteiger partial charge in [-0.3, -0.25) is 34.7 Å². The largest absolute Gasteiger partial charge is 0.296 e. The van der Waals surface area contributed by atoms with Crippen LogP contribution in [0.5, 0.6) is 0 Å². The van der Waals surface area contributed by atoms with Crippen LogP contribution in [0.15, 0.2) is 42.5 Å². The maximum Gasteiger partial charge on any atom is 0.283 e. The highest BCUT2D eigenvalue weighted by atomic mass is 35.5. The van der Waals surface area contributed by atoms with E-state index in [0.717, 1.165) is 22.3 Å². The minimum atomic E-state index is -0.762. The quantitative estimate of drug-likeness (QED) is 0.363. The van der Waals surface area contributed by atoms with Crippen LogP contribution in [0, 0.1) is 10.1 Å². The number of carbonyl (C=O) groups is 3. The summed E-state index contributed by atoms with van der Waals surface area (Å²) in [5, 5.41) is 21.8. The highest BCUT2D eigenvalue weighted by molar-refractivity contribution is 7.15. The zero-order valence-electron chi connectivity index (χ0n) is 14.9. The molecule has 10 nitrogen and oxygen atoms in total. The van der Waals surface area contributed by atoms with E-state index in [0.29, 0.717) is 16.1 Å². The second kappa shape index (κ2) is 7.61. The molecule has 30 heavy (non-hydrogen) atoms. The third-order valence-corrected chi connectivity index (χ3v) is 5.32. The highest BCUT2D eigenvalue weighted by Gasteiger charge is 2.35. The van der Waals surface area contributed by atoms with E-state index in [1.165, 1.54) is 12.1 Å². The molecule has 0 spiro atoms. The van der Waals surface area contributed by atoms with Crippen molar-refractivity contribution in [2.75, 3.05) is 5.32 Å². The molecule has 2 aromatic carbocycles. The summed E-state index contributed by atoms with van der Waals surface area (Å²) in [6.07, 6.45) is 0. The number of halogens is 1. The Kier molecular flexibility index (Phi) is 4.98. The number of aromatic nitrogens is 2. The molecule has 1 aromatic heterocycles. The predicted molar refractivity (Wildman–Crippen MR) is 107 cm³/mol. The number of anilines is 1. The molecular weight excluding hydrogens is 434 g/mol. The van der Waals surface area contributed by atoms with Crippen LogP contribution in [-0.4, -0.2) is 37.7 Å². The lowest BCUT2D eigenvalue weighted by atomic mass is 10.1. The Morgan fingerprint density at radius 2 is 1.80 bits per heavy atom. The number of benzene rings is 2. The van der Waals surface area contributed by atoms with Crippen molar-refractivity contribution < 1.29 is 19.3 Å². The Balaban J connectivity index is 1.50. The lowest BCUT2D eigenvalue weighted by molar-refractivity contribution is -0.385. The van der Waals surface area contributed by atoms with Crippen LogP contribution in [0.1, 0.15) is 36.1 Å². The minimum Gasteiger partial charge on any atom is -0.296 e. The lowest BCUT2D eigenvalue weighted by Crippen LogP contribution is -2.29. The monoisotopic (exact) mass is 443 g/mol. The van der Waals surface area contributed by atoms with Gasteiger partial charge in [-0.25, -0.2) is 0 Å². The number of hydrogen-bond donors (Lipinski definition) is 1. The number of rotatable bonds is 5. The molecule has 0 saturated carbocycles. The van der Waals surface area contributed by atoms with Crippen molar-refractivity contribution in [3.05, 3.63) is 79.3 Å². The Hall–Kier alpha value is -3.70. The summed E-state index contributed by atoms with van der Waals surface area (Å²) in [5.41, 5.74) is -0.0107. The summed E-state index contributed by atoms with van der Waals surface area (Å²) in [7, 11) is 0. The van der Waals surface area contributed by atoms with Crippen LogP contribution >= 0.6 is 22.9 Å². The third kappa shape index (κ3) is 3.51. The molecule has 1 N–H and O–H groups in total. The van der Waals surface area contributed by atoms with Crippen molar-refractivity contribution >= 4 is 51.5 Å². The summed E-state index contributed by atoms with van der Waals surface area (Å²) in [4.78, 5) is 48.8. The molecule has 0 radical (unpaired) electrons. The van der Waals surface area contributed by atoms with Gasteiger partial charge in [0.15, 0.2) is 0 Å². The van der Waals surface area contributed by atoms with Crippen molar-refractivity contribution in [1.82, 2.24) is 15.1 Å². The van der Waals surface area contributed by atoms with Gasteiger partial charge in [-0.15, -0.1) is 10.2 Å². The van der Waals surface area contributed by atoms with Gasteiger partial charge < -0.3 is 0 Å². The standard InChI is InChI=1S/C18H10ClN5O5S/c19-9-5-6-12(13(7-9)24(28)29)15(25)20-18-22-21-14(30-18)8-23-16(26)10-3-1-2-4-11(10)17(23)27/h1-7H,8H2,(H,20,22,25). The number of nitrogens with zero attached hydrogens (tertiary/aromatic N) is 4. The van der Waals surface area contributed by atoms with E-state index in [2.05, 4.69) is 15.5 Å². The average molecular weight is 444 g/mol. The molecule has 0 fully saturated rings. The van der Waals surface area contributed by atoms with Crippen LogP contribution in [0.3, 0.4) is 0 Å². The maximum atomic E-state index is 12.4. The first-order chi connectivity index (χ1) is 14.3. The third-order valence-electron chi connectivity index (χ3n) is 4.26. The first-order valence-corrected chi connectivity index (χ1v) is 9.57. The van der Waals surface area contributed by atoms with Gasteiger partial charge in [-0.2, -0.15) is 0 Å². The predicted octanol–water partition coefficient (Wildman–Crippen LogP) is 3.15. The van der Waals surface area contributed by atoms with E-state index in [-0.39, 0.29) is 22.3 Å². The number of amides is 3. The average Bonchev–Trinajstić information content (AvgIpc) is 3.26. The van der Waals surface area contributed by atoms with Gasteiger partial charge in [0, 0.05) is 11.1 Å². The number of nitro groups is 1. The molecule has 4 rings (SSSR count). The summed E-state index contributed by atoms with van der Waals surface area (Å²) in [6.45, 7) is -0.110. The minimum absolute atomic E-state index is 0.0656. The van der Waals surface area contributed by atoms with Gasteiger partial charge in [-0.05, 0) is 24.3 Å². The molecule has 1 aliphatic heterocycles. The normalized spacial score (nSPS) is 12.8. The fraction of sp³-hybridized carbons (Fsp3) is 0.0556. The van der Waals surface area contributed by atoms with E-state index < -0.39 is 28.3 Å². The van der Waals surface area contributed by atoms with E-state index in [1.807, 2.05) is 0 Å². The van der Waals surface area contributed by atoms with Gasteiger partial charge >= 0.3 is 0 Å². The summed E-state index contributed by atoms with van der Waals surface area (Å²) in [5.74, 6) is -1.64. The van der Waals surface area contributed by atoms with Crippen LogP contribution < -0.4 is 5.32 Å². The molecule has 0 saturated heterocycles. The van der Waals surface area contributed by atoms with Crippen molar-refractivity contribution in [3.63, 3.8) is 0 Å². The van der Waals surface area contributed by atoms with E-state index >= 15 is 0 Å². The lowest BCUT2D eigenvalue weighted by Gasteiger charge is -2.10. The maximum absolute atomic E-state index is 12.4. The Bertz CT molecular complexity index is 1190. The summed E-state index contributed by atoms with van der Waals surface area (Å²) < 4.78 is 0. The van der Waals surface area contributed by atoms with Crippen LogP contribution in [0.4, 0.5) is 10.8 Å². The molecule has 0 atom stereocenters. The highest BCUT2D eigenvalue weighted by Crippen LogP contribution is 2.27. The molecule has 0 aliphatic carbocycles. The van der Waals surface area contributed by atoms with Gasteiger partial charge in [0.25, 0.3) is 23.4 Å². The molecule has 0 bridgehead atoms.